The molecule has 0 aliphatic heterocycles. The monoisotopic (exact) mass is 246 g/mol. The van der Waals surface area contributed by atoms with Crippen LogP contribution in [0, 0.1) is 5.92 Å². The summed E-state index contributed by atoms with van der Waals surface area (Å²) in [6.07, 6.45) is 3.91. The Bertz CT molecular complexity index is 445. The number of carbonyl (C=O) groups is 1. The van der Waals surface area contributed by atoms with E-state index in [1.165, 1.54) is 0 Å². The minimum absolute atomic E-state index is 0.113. The minimum atomic E-state index is -0.114. The quantitative estimate of drug-likeness (QED) is 0.766. The molecule has 0 amide bonds. The van der Waals surface area contributed by atoms with Crippen molar-refractivity contribution in [3.8, 4) is 5.75 Å². The van der Waals surface area contributed by atoms with Gasteiger partial charge < -0.3 is 9.47 Å². The average Bonchev–Trinajstić information content (AvgIpc) is 2.88. The van der Waals surface area contributed by atoms with Crippen LogP contribution < -0.4 is 4.74 Å². The smallest absolute Gasteiger partial charge is 0.313 e. The van der Waals surface area contributed by atoms with Gasteiger partial charge in [-0.2, -0.15) is 0 Å². The molecule has 0 aromatic heterocycles. The molecular weight excluding hydrogens is 228 g/mol. The lowest BCUT2D eigenvalue weighted by Gasteiger charge is -2.14. The highest BCUT2D eigenvalue weighted by atomic mass is 16.5. The molecule has 0 heterocycles. The number of benzene rings is 1. The van der Waals surface area contributed by atoms with Crippen LogP contribution in [0.5, 0.6) is 5.75 Å². The van der Waals surface area contributed by atoms with Gasteiger partial charge in [0.15, 0.2) is 0 Å². The molecule has 3 nitrogen and oxygen atoms in total. The van der Waals surface area contributed by atoms with E-state index in [-0.39, 0.29) is 11.9 Å². The molecule has 1 atom stereocenters. The van der Waals surface area contributed by atoms with Crippen LogP contribution in [0.25, 0.3) is 5.57 Å². The van der Waals surface area contributed by atoms with Crippen molar-refractivity contribution in [2.75, 3.05) is 13.7 Å². The Hall–Kier alpha value is -1.77. The third-order valence-corrected chi connectivity index (χ3v) is 3.19. The number of hydrogen-bond donors (Lipinski definition) is 0. The third kappa shape index (κ3) is 2.55. The molecule has 0 saturated carbocycles. The Labute approximate surface area is 107 Å². The van der Waals surface area contributed by atoms with Gasteiger partial charge in [0, 0.05) is 0 Å². The first kappa shape index (κ1) is 12.7. The summed E-state index contributed by atoms with van der Waals surface area (Å²) in [6.45, 7) is 2.27. The molecule has 0 fully saturated rings. The molecule has 0 spiro atoms. The highest BCUT2D eigenvalue weighted by Crippen LogP contribution is 2.35. The van der Waals surface area contributed by atoms with Crippen LogP contribution in [0.2, 0.25) is 0 Å². The zero-order valence-corrected chi connectivity index (χ0v) is 10.8. The van der Waals surface area contributed by atoms with E-state index in [9.17, 15) is 4.79 Å². The number of esters is 1. The molecule has 2 rings (SSSR count). The Balaban J connectivity index is 2.17. The highest BCUT2D eigenvalue weighted by Gasteiger charge is 2.28. The molecule has 96 valence electrons. The molecule has 0 saturated heterocycles. The molecular formula is C15H18O3. The van der Waals surface area contributed by atoms with Gasteiger partial charge in [0.25, 0.3) is 0 Å². The van der Waals surface area contributed by atoms with Gasteiger partial charge in [-0.1, -0.05) is 18.2 Å². The van der Waals surface area contributed by atoms with Crippen molar-refractivity contribution in [2.45, 2.75) is 19.8 Å². The molecule has 1 aliphatic rings. The number of allylic oxidation sites excluding steroid dienone is 1. The molecule has 0 unspecified atom stereocenters. The molecule has 0 N–H and O–H groups in total. The van der Waals surface area contributed by atoms with Crippen LogP contribution in [0.4, 0.5) is 0 Å². The molecule has 0 bridgehead atoms. The van der Waals surface area contributed by atoms with Crippen LogP contribution in [-0.2, 0) is 9.53 Å². The second-order valence-electron chi connectivity index (χ2n) is 4.27. The van der Waals surface area contributed by atoms with E-state index in [4.69, 9.17) is 9.47 Å². The van der Waals surface area contributed by atoms with E-state index >= 15 is 0 Å². The van der Waals surface area contributed by atoms with Gasteiger partial charge in [-0.25, -0.2) is 0 Å². The van der Waals surface area contributed by atoms with Crippen molar-refractivity contribution in [1.82, 2.24) is 0 Å². The maximum Gasteiger partial charge on any atom is 0.313 e. The van der Waals surface area contributed by atoms with Crippen molar-refractivity contribution >= 4 is 11.5 Å². The number of rotatable bonds is 4. The van der Waals surface area contributed by atoms with Gasteiger partial charge in [0.1, 0.15) is 5.75 Å². The molecule has 3 heteroatoms. The summed E-state index contributed by atoms with van der Waals surface area (Å²) in [5, 5.41) is 0. The predicted molar refractivity (Wildman–Crippen MR) is 70.3 cm³/mol. The summed E-state index contributed by atoms with van der Waals surface area (Å²) in [4.78, 5) is 11.9. The largest absolute Gasteiger partial charge is 0.497 e. The fourth-order valence-electron chi connectivity index (χ4n) is 2.29. The maximum absolute atomic E-state index is 11.9. The van der Waals surface area contributed by atoms with E-state index in [0.717, 1.165) is 29.7 Å². The number of carbonyl (C=O) groups excluding carboxylic acids is 1. The summed E-state index contributed by atoms with van der Waals surface area (Å²) in [5.74, 6) is 0.598. The van der Waals surface area contributed by atoms with Crippen LogP contribution >= 0.6 is 0 Å². The van der Waals surface area contributed by atoms with Gasteiger partial charge in [-0.15, -0.1) is 0 Å². The van der Waals surface area contributed by atoms with Crippen molar-refractivity contribution < 1.29 is 14.3 Å². The van der Waals surface area contributed by atoms with Crippen molar-refractivity contribution in [3.63, 3.8) is 0 Å². The maximum atomic E-state index is 11.9. The Morgan fingerprint density at radius 1 is 1.33 bits per heavy atom. The van der Waals surface area contributed by atoms with Gasteiger partial charge in [-0.05, 0) is 43.0 Å². The lowest BCUT2D eigenvalue weighted by atomic mass is 9.95. The van der Waals surface area contributed by atoms with Gasteiger partial charge in [0.2, 0.25) is 0 Å². The van der Waals surface area contributed by atoms with Crippen LogP contribution in [0.3, 0.4) is 0 Å². The number of hydrogen-bond acceptors (Lipinski definition) is 3. The zero-order valence-electron chi connectivity index (χ0n) is 10.8. The fourth-order valence-corrected chi connectivity index (χ4v) is 2.29. The molecule has 0 radical (unpaired) electrons. The van der Waals surface area contributed by atoms with Crippen LogP contribution in [-0.4, -0.2) is 19.7 Å². The lowest BCUT2D eigenvalue weighted by molar-refractivity contribution is -0.145. The molecule has 1 aliphatic carbocycles. The molecule has 1 aromatic rings. The van der Waals surface area contributed by atoms with Crippen LogP contribution in [0.15, 0.2) is 30.3 Å². The predicted octanol–water partition coefficient (Wildman–Crippen LogP) is 3.05. The minimum Gasteiger partial charge on any atom is -0.497 e. The summed E-state index contributed by atoms with van der Waals surface area (Å²) in [7, 11) is 1.64. The van der Waals surface area contributed by atoms with E-state index in [1.807, 2.05) is 31.2 Å². The first-order chi connectivity index (χ1) is 8.76. The highest BCUT2D eigenvalue weighted by molar-refractivity contribution is 5.89. The van der Waals surface area contributed by atoms with Gasteiger partial charge >= 0.3 is 5.97 Å². The average molecular weight is 246 g/mol. The molecule has 18 heavy (non-hydrogen) atoms. The zero-order chi connectivity index (χ0) is 13.0. The van der Waals surface area contributed by atoms with E-state index < -0.39 is 0 Å². The Morgan fingerprint density at radius 2 is 2.06 bits per heavy atom. The number of methoxy groups -OCH3 is 1. The Kier molecular flexibility index (Phi) is 4.03. The summed E-state index contributed by atoms with van der Waals surface area (Å²) in [6, 6.07) is 7.80. The van der Waals surface area contributed by atoms with E-state index in [1.54, 1.807) is 7.11 Å². The third-order valence-electron chi connectivity index (χ3n) is 3.19. The second-order valence-corrected chi connectivity index (χ2v) is 4.27. The topological polar surface area (TPSA) is 35.5 Å². The van der Waals surface area contributed by atoms with E-state index in [2.05, 4.69) is 6.08 Å². The normalized spacial score (nSPS) is 18.3. The number of ether oxygens (including phenoxy) is 2. The van der Waals surface area contributed by atoms with Crippen molar-refractivity contribution in [1.29, 1.82) is 0 Å². The van der Waals surface area contributed by atoms with Crippen LogP contribution in [0.1, 0.15) is 25.3 Å². The first-order valence-electron chi connectivity index (χ1n) is 6.27. The fraction of sp³-hybridized carbons (Fsp3) is 0.400. The van der Waals surface area contributed by atoms with E-state index in [0.29, 0.717) is 6.61 Å². The lowest BCUT2D eigenvalue weighted by Crippen LogP contribution is -2.16. The van der Waals surface area contributed by atoms with Gasteiger partial charge in [-0.3, -0.25) is 4.79 Å². The van der Waals surface area contributed by atoms with Crippen molar-refractivity contribution in [3.05, 3.63) is 35.9 Å². The van der Waals surface area contributed by atoms with Gasteiger partial charge in [0.05, 0.1) is 19.6 Å². The SMILES string of the molecule is CCOC(=O)[C@@H]1CCC=C1c1ccc(OC)cc1. The Morgan fingerprint density at radius 3 is 2.67 bits per heavy atom. The summed E-state index contributed by atoms with van der Waals surface area (Å²) in [5.41, 5.74) is 2.16. The summed E-state index contributed by atoms with van der Waals surface area (Å²) >= 11 is 0. The first-order valence-corrected chi connectivity index (χ1v) is 6.27. The standard InChI is InChI=1S/C15H18O3/c1-3-18-15(16)14-6-4-5-13(14)11-7-9-12(17-2)10-8-11/h5,7-10,14H,3-4,6H2,1-2H3/t14-/m1/s1. The van der Waals surface area contributed by atoms with Crippen molar-refractivity contribution in [2.24, 2.45) is 5.92 Å². The summed E-state index contributed by atoms with van der Waals surface area (Å²) < 4.78 is 10.3. The second kappa shape index (κ2) is 5.71. The molecule has 1 aromatic carbocycles.